The van der Waals surface area contributed by atoms with Crippen LogP contribution in [-0.2, 0) is 9.53 Å². The first kappa shape index (κ1) is 17.3. The van der Waals surface area contributed by atoms with E-state index in [1.165, 1.54) is 12.1 Å². The summed E-state index contributed by atoms with van der Waals surface area (Å²) in [6, 6.07) is 11.4. The highest BCUT2D eigenvalue weighted by atomic mass is 35.5. The average molecular weight is 337 g/mol. The minimum atomic E-state index is -0.516. The van der Waals surface area contributed by atoms with E-state index in [-0.39, 0.29) is 17.6 Å². The van der Waals surface area contributed by atoms with Crippen LogP contribution in [-0.4, -0.2) is 12.6 Å². The summed E-state index contributed by atoms with van der Waals surface area (Å²) in [6.07, 6.45) is 0.319. The lowest BCUT2D eigenvalue weighted by molar-refractivity contribution is -0.143. The lowest BCUT2D eigenvalue weighted by atomic mass is 9.98. The topological polar surface area (TPSA) is 35.5 Å². The zero-order valence-corrected chi connectivity index (χ0v) is 13.8. The molecule has 2 rings (SSSR count). The van der Waals surface area contributed by atoms with Crippen molar-refractivity contribution in [2.45, 2.75) is 26.2 Å². The van der Waals surface area contributed by atoms with Crippen LogP contribution in [0, 0.1) is 5.82 Å². The van der Waals surface area contributed by atoms with Crippen LogP contribution in [0.15, 0.2) is 42.5 Å². The molecule has 0 saturated carbocycles. The molecular weight excluding hydrogens is 319 g/mol. The third kappa shape index (κ3) is 4.96. The molecule has 1 atom stereocenters. The van der Waals surface area contributed by atoms with Crippen LogP contribution < -0.4 is 4.74 Å². The summed E-state index contributed by atoms with van der Waals surface area (Å²) >= 11 is 5.71. The lowest BCUT2D eigenvalue weighted by Gasteiger charge is -2.12. The number of halogens is 2. The Bertz CT molecular complexity index is 670. The number of esters is 1. The van der Waals surface area contributed by atoms with Crippen molar-refractivity contribution in [2.24, 2.45) is 0 Å². The maximum atomic E-state index is 13.7. The predicted octanol–water partition coefficient (Wildman–Crippen LogP) is 5.33. The van der Waals surface area contributed by atoms with Gasteiger partial charge in [0.2, 0.25) is 0 Å². The Morgan fingerprint density at radius 3 is 2.52 bits per heavy atom. The van der Waals surface area contributed by atoms with Gasteiger partial charge in [0, 0.05) is 5.02 Å². The molecule has 0 aromatic heterocycles. The van der Waals surface area contributed by atoms with E-state index in [1.54, 1.807) is 25.1 Å². The normalized spacial score (nSPS) is 11.8. The first-order chi connectivity index (χ1) is 11.0. The van der Waals surface area contributed by atoms with E-state index < -0.39 is 5.82 Å². The van der Waals surface area contributed by atoms with Crippen molar-refractivity contribution < 1.29 is 18.7 Å². The van der Waals surface area contributed by atoms with Crippen molar-refractivity contribution in [3.63, 3.8) is 0 Å². The average Bonchev–Trinajstić information content (AvgIpc) is 2.51. The van der Waals surface area contributed by atoms with Crippen LogP contribution in [0.1, 0.15) is 31.7 Å². The Labute approximate surface area is 140 Å². The van der Waals surface area contributed by atoms with Gasteiger partial charge in [-0.25, -0.2) is 4.39 Å². The van der Waals surface area contributed by atoms with Gasteiger partial charge in [0.15, 0.2) is 11.6 Å². The number of rotatable bonds is 6. The van der Waals surface area contributed by atoms with Gasteiger partial charge in [0.25, 0.3) is 0 Å². The maximum absolute atomic E-state index is 13.7. The van der Waals surface area contributed by atoms with Crippen molar-refractivity contribution in [1.82, 2.24) is 0 Å². The summed E-state index contributed by atoms with van der Waals surface area (Å²) in [4.78, 5) is 11.5. The van der Waals surface area contributed by atoms with Crippen LogP contribution in [0.3, 0.4) is 0 Å². The van der Waals surface area contributed by atoms with Gasteiger partial charge in [-0.15, -0.1) is 0 Å². The van der Waals surface area contributed by atoms with Gasteiger partial charge in [0.05, 0.1) is 13.0 Å². The predicted molar refractivity (Wildman–Crippen MR) is 87.6 cm³/mol. The molecule has 0 bridgehead atoms. The van der Waals surface area contributed by atoms with E-state index in [2.05, 4.69) is 0 Å². The maximum Gasteiger partial charge on any atom is 0.306 e. The van der Waals surface area contributed by atoms with E-state index in [1.807, 2.05) is 19.1 Å². The largest absolute Gasteiger partial charge is 0.466 e. The molecule has 0 spiro atoms. The van der Waals surface area contributed by atoms with E-state index >= 15 is 0 Å². The zero-order valence-electron chi connectivity index (χ0n) is 13.0. The summed E-state index contributed by atoms with van der Waals surface area (Å²) < 4.78 is 24.1. The number of benzene rings is 2. The second-order valence-electron chi connectivity index (χ2n) is 5.16. The van der Waals surface area contributed by atoms with Crippen molar-refractivity contribution in [3.05, 3.63) is 58.9 Å². The number of hydrogen-bond acceptors (Lipinski definition) is 3. The molecule has 0 aliphatic carbocycles. The van der Waals surface area contributed by atoms with Crippen LogP contribution in [0.4, 0.5) is 4.39 Å². The van der Waals surface area contributed by atoms with Crippen molar-refractivity contribution in [2.75, 3.05) is 6.61 Å². The Kier molecular flexibility index (Phi) is 5.99. The zero-order chi connectivity index (χ0) is 16.8. The van der Waals surface area contributed by atoms with Gasteiger partial charge in [-0.1, -0.05) is 30.7 Å². The number of ether oxygens (including phenoxy) is 2. The molecule has 5 heteroatoms. The van der Waals surface area contributed by atoms with E-state index in [9.17, 15) is 9.18 Å². The van der Waals surface area contributed by atoms with Gasteiger partial charge in [-0.3, -0.25) is 4.79 Å². The molecule has 1 unspecified atom stereocenters. The molecule has 0 amide bonds. The minimum absolute atomic E-state index is 0.0374. The minimum Gasteiger partial charge on any atom is -0.466 e. The van der Waals surface area contributed by atoms with Crippen LogP contribution >= 0.6 is 11.6 Å². The van der Waals surface area contributed by atoms with Gasteiger partial charge >= 0.3 is 5.97 Å². The van der Waals surface area contributed by atoms with Gasteiger partial charge in [0.1, 0.15) is 5.75 Å². The van der Waals surface area contributed by atoms with Gasteiger partial charge in [-0.2, -0.15) is 0 Å². The molecule has 0 fully saturated rings. The molecule has 3 nitrogen and oxygen atoms in total. The smallest absolute Gasteiger partial charge is 0.306 e. The molecule has 0 saturated heterocycles. The highest BCUT2D eigenvalue weighted by molar-refractivity contribution is 6.30. The molecule has 0 aliphatic heterocycles. The highest BCUT2D eigenvalue weighted by Crippen LogP contribution is 2.28. The van der Waals surface area contributed by atoms with Gasteiger partial charge < -0.3 is 9.47 Å². The first-order valence-electron chi connectivity index (χ1n) is 7.38. The van der Waals surface area contributed by atoms with E-state index in [0.29, 0.717) is 23.8 Å². The molecular formula is C18H18ClFO3. The first-order valence-corrected chi connectivity index (χ1v) is 7.76. The van der Waals surface area contributed by atoms with Crippen molar-refractivity contribution in [1.29, 1.82) is 0 Å². The molecule has 0 aliphatic rings. The fraction of sp³-hybridized carbons (Fsp3) is 0.278. The third-order valence-corrected chi connectivity index (χ3v) is 3.58. The molecule has 122 valence electrons. The Hall–Kier alpha value is -2.07. The lowest BCUT2D eigenvalue weighted by Crippen LogP contribution is -2.08. The molecule has 0 heterocycles. The van der Waals surface area contributed by atoms with Gasteiger partial charge in [-0.05, 0) is 48.7 Å². The number of carbonyl (C=O) groups is 1. The third-order valence-electron chi connectivity index (χ3n) is 3.35. The van der Waals surface area contributed by atoms with Crippen LogP contribution in [0.2, 0.25) is 5.02 Å². The standard InChI is InChI=1S/C18H18ClFO3/c1-3-22-18(21)10-12(2)13-4-7-15(8-5-13)23-17-9-6-14(19)11-16(17)20/h4-9,11-12H,3,10H2,1-2H3. The number of hydrogen-bond donors (Lipinski definition) is 0. The van der Waals surface area contributed by atoms with E-state index in [0.717, 1.165) is 5.56 Å². The van der Waals surface area contributed by atoms with Crippen molar-refractivity contribution >= 4 is 17.6 Å². The van der Waals surface area contributed by atoms with Crippen LogP contribution in [0.25, 0.3) is 0 Å². The summed E-state index contributed by atoms with van der Waals surface area (Å²) in [7, 11) is 0. The fourth-order valence-electron chi connectivity index (χ4n) is 2.14. The number of carbonyl (C=O) groups excluding carboxylic acids is 1. The summed E-state index contributed by atoms with van der Waals surface area (Å²) in [5, 5.41) is 0.318. The Morgan fingerprint density at radius 2 is 1.91 bits per heavy atom. The van der Waals surface area contributed by atoms with E-state index in [4.69, 9.17) is 21.1 Å². The summed E-state index contributed by atoms with van der Waals surface area (Å²) in [5.41, 5.74) is 0.988. The Morgan fingerprint density at radius 1 is 1.22 bits per heavy atom. The monoisotopic (exact) mass is 336 g/mol. The Balaban J connectivity index is 2.03. The summed E-state index contributed by atoms with van der Waals surface area (Å²) in [6.45, 7) is 4.11. The second-order valence-corrected chi connectivity index (χ2v) is 5.59. The molecule has 0 N–H and O–H groups in total. The second kappa shape index (κ2) is 7.97. The SMILES string of the molecule is CCOC(=O)CC(C)c1ccc(Oc2ccc(Cl)cc2F)cc1. The molecule has 0 radical (unpaired) electrons. The quantitative estimate of drug-likeness (QED) is 0.669. The highest BCUT2D eigenvalue weighted by Gasteiger charge is 2.12. The molecule has 2 aromatic rings. The van der Waals surface area contributed by atoms with Crippen LogP contribution in [0.5, 0.6) is 11.5 Å². The fourth-order valence-corrected chi connectivity index (χ4v) is 2.30. The molecule has 2 aromatic carbocycles. The summed E-state index contributed by atoms with van der Waals surface area (Å²) in [5.74, 6) is -0.0729. The molecule has 23 heavy (non-hydrogen) atoms. The van der Waals surface area contributed by atoms with Crippen molar-refractivity contribution in [3.8, 4) is 11.5 Å².